The Labute approximate surface area is 120 Å². The summed E-state index contributed by atoms with van der Waals surface area (Å²) in [4.78, 5) is 0. The van der Waals surface area contributed by atoms with Crippen LogP contribution in [0.1, 0.15) is 30.9 Å². The topological polar surface area (TPSA) is 44.6 Å². The van der Waals surface area contributed by atoms with Crippen LogP contribution in [0.25, 0.3) is 0 Å². The van der Waals surface area contributed by atoms with Gasteiger partial charge >= 0.3 is 0 Å². The molecule has 2 N–H and O–H groups in total. The largest absolute Gasteiger partial charge is 0.508 e. The van der Waals surface area contributed by atoms with Crippen LogP contribution in [0.5, 0.6) is 5.75 Å². The number of phenols is 1. The van der Waals surface area contributed by atoms with E-state index in [0.717, 1.165) is 35.4 Å². The first-order chi connectivity index (χ1) is 9.70. The summed E-state index contributed by atoms with van der Waals surface area (Å²) in [5.74, 6) is 0.302. The van der Waals surface area contributed by atoms with E-state index in [0.29, 0.717) is 5.75 Å². The fourth-order valence-electron chi connectivity index (χ4n) is 1.99. The van der Waals surface area contributed by atoms with Crippen molar-refractivity contribution in [2.45, 2.75) is 26.7 Å². The molecular formula is C17H20N2O. The minimum absolute atomic E-state index is 0.302. The first-order valence-electron chi connectivity index (χ1n) is 6.88. The van der Waals surface area contributed by atoms with Gasteiger partial charge in [-0.15, -0.1) is 0 Å². The summed E-state index contributed by atoms with van der Waals surface area (Å²) < 4.78 is 0. The summed E-state index contributed by atoms with van der Waals surface area (Å²) in [6.45, 7) is 4.01. The third-order valence-corrected chi connectivity index (χ3v) is 3.11. The molecule has 2 aromatic rings. The van der Waals surface area contributed by atoms with Crippen molar-refractivity contribution in [1.29, 1.82) is 0 Å². The standard InChI is InChI=1S/C17H20N2O/c1-3-7-16(14-8-5-4-6-9-14)19-18-15-10-11-17(20)13(2)12-15/h4-6,8-12,18,20H,3,7H2,1-2H3. The van der Waals surface area contributed by atoms with Crippen LogP contribution in [0.15, 0.2) is 53.6 Å². The molecule has 0 unspecified atom stereocenters. The Balaban J connectivity index is 2.19. The van der Waals surface area contributed by atoms with Gasteiger partial charge in [-0.3, -0.25) is 5.43 Å². The predicted octanol–water partition coefficient (Wildman–Crippen LogP) is 4.32. The molecule has 0 aliphatic rings. The molecule has 2 rings (SSSR count). The van der Waals surface area contributed by atoms with Crippen molar-refractivity contribution < 1.29 is 5.11 Å². The predicted molar refractivity (Wildman–Crippen MR) is 84.4 cm³/mol. The van der Waals surface area contributed by atoms with Crippen LogP contribution in [-0.4, -0.2) is 10.8 Å². The van der Waals surface area contributed by atoms with Crippen LogP contribution in [-0.2, 0) is 0 Å². The zero-order chi connectivity index (χ0) is 14.4. The van der Waals surface area contributed by atoms with Gasteiger partial charge in [-0.05, 0) is 42.7 Å². The summed E-state index contributed by atoms with van der Waals surface area (Å²) in [7, 11) is 0. The normalized spacial score (nSPS) is 11.4. The average Bonchev–Trinajstić information content (AvgIpc) is 2.48. The second-order valence-corrected chi connectivity index (χ2v) is 4.79. The van der Waals surface area contributed by atoms with Crippen molar-refractivity contribution in [3.05, 3.63) is 59.7 Å². The van der Waals surface area contributed by atoms with Gasteiger partial charge in [-0.2, -0.15) is 5.10 Å². The Bertz CT molecular complexity index is 591. The van der Waals surface area contributed by atoms with Crippen molar-refractivity contribution in [1.82, 2.24) is 0 Å². The summed E-state index contributed by atoms with van der Waals surface area (Å²) in [5.41, 5.74) is 6.96. The second kappa shape index (κ2) is 6.75. The molecular weight excluding hydrogens is 248 g/mol. The van der Waals surface area contributed by atoms with E-state index in [9.17, 15) is 5.11 Å². The number of hydrogen-bond donors (Lipinski definition) is 2. The Hall–Kier alpha value is -2.29. The number of anilines is 1. The third-order valence-electron chi connectivity index (χ3n) is 3.11. The molecule has 2 aromatic carbocycles. The molecule has 0 bridgehead atoms. The second-order valence-electron chi connectivity index (χ2n) is 4.79. The smallest absolute Gasteiger partial charge is 0.118 e. The number of nitrogens with one attached hydrogen (secondary N) is 1. The van der Waals surface area contributed by atoms with E-state index in [1.54, 1.807) is 6.07 Å². The SMILES string of the molecule is CCCC(=NNc1ccc(O)c(C)c1)c1ccccc1. The molecule has 0 radical (unpaired) electrons. The van der Waals surface area contributed by atoms with Crippen molar-refractivity contribution >= 4 is 11.4 Å². The third kappa shape index (κ3) is 3.60. The van der Waals surface area contributed by atoms with Crippen LogP contribution in [0, 0.1) is 6.92 Å². The maximum absolute atomic E-state index is 9.52. The fraction of sp³-hybridized carbons (Fsp3) is 0.235. The lowest BCUT2D eigenvalue weighted by Crippen LogP contribution is -2.04. The minimum atomic E-state index is 0.302. The lowest BCUT2D eigenvalue weighted by molar-refractivity contribution is 0.471. The highest BCUT2D eigenvalue weighted by Crippen LogP contribution is 2.20. The average molecular weight is 268 g/mol. The molecule has 0 heterocycles. The molecule has 0 aliphatic carbocycles. The van der Waals surface area contributed by atoms with Gasteiger partial charge in [0.1, 0.15) is 5.75 Å². The van der Waals surface area contributed by atoms with Crippen molar-refractivity contribution in [3.63, 3.8) is 0 Å². The van der Waals surface area contributed by atoms with Gasteiger partial charge in [0.2, 0.25) is 0 Å². The lowest BCUT2D eigenvalue weighted by Gasteiger charge is -2.08. The summed E-state index contributed by atoms with van der Waals surface area (Å²) in [6, 6.07) is 15.6. The van der Waals surface area contributed by atoms with E-state index in [4.69, 9.17) is 0 Å². The molecule has 20 heavy (non-hydrogen) atoms. The number of nitrogens with zero attached hydrogens (tertiary/aromatic N) is 1. The van der Waals surface area contributed by atoms with Crippen LogP contribution < -0.4 is 5.43 Å². The van der Waals surface area contributed by atoms with Crippen LogP contribution >= 0.6 is 0 Å². The summed E-state index contributed by atoms with van der Waals surface area (Å²) in [6.07, 6.45) is 1.97. The number of aryl methyl sites for hydroxylation is 1. The van der Waals surface area contributed by atoms with Crippen molar-refractivity contribution in [2.24, 2.45) is 5.10 Å². The van der Waals surface area contributed by atoms with Crippen molar-refractivity contribution in [3.8, 4) is 5.75 Å². The highest BCUT2D eigenvalue weighted by atomic mass is 16.3. The van der Waals surface area contributed by atoms with E-state index in [1.807, 2.05) is 37.3 Å². The summed E-state index contributed by atoms with van der Waals surface area (Å²) >= 11 is 0. The van der Waals surface area contributed by atoms with E-state index >= 15 is 0 Å². The number of rotatable bonds is 5. The number of hydrogen-bond acceptors (Lipinski definition) is 3. The highest BCUT2D eigenvalue weighted by Gasteiger charge is 2.02. The number of phenolic OH excluding ortho intramolecular Hbond substituents is 1. The monoisotopic (exact) mass is 268 g/mol. The molecule has 0 aromatic heterocycles. The van der Waals surface area contributed by atoms with E-state index < -0.39 is 0 Å². The molecule has 3 heteroatoms. The molecule has 0 atom stereocenters. The molecule has 0 saturated carbocycles. The number of aromatic hydroxyl groups is 1. The number of hydrazone groups is 1. The van der Waals surface area contributed by atoms with Gasteiger partial charge in [0.25, 0.3) is 0 Å². The fourth-order valence-corrected chi connectivity index (χ4v) is 1.99. The summed E-state index contributed by atoms with van der Waals surface area (Å²) in [5, 5.41) is 14.0. The van der Waals surface area contributed by atoms with Crippen LogP contribution in [0.4, 0.5) is 5.69 Å². The molecule has 0 fully saturated rings. The maximum Gasteiger partial charge on any atom is 0.118 e. The van der Waals surface area contributed by atoms with Gasteiger partial charge < -0.3 is 5.11 Å². The quantitative estimate of drug-likeness (QED) is 0.482. The van der Waals surface area contributed by atoms with E-state index in [-0.39, 0.29) is 0 Å². The van der Waals surface area contributed by atoms with Gasteiger partial charge in [-0.25, -0.2) is 0 Å². The molecule has 0 spiro atoms. The number of benzene rings is 2. The van der Waals surface area contributed by atoms with Gasteiger partial charge in [-0.1, -0.05) is 43.7 Å². The molecule has 0 aliphatic heterocycles. The molecule has 0 saturated heterocycles. The Kier molecular flexibility index (Phi) is 4.77. The van der Waals surface area contributed by atoms with E-state index in [2.05, 4.69) is 29.6 Å². The molecule has 104 valence electrons. The lowest BCUT2D eigenvalue weighted by atomic mass is 10.1. The highest BCUT2D eigenvalue weighted by molar-refractivity contribution is 6.00. The van der Waals surface area contributed by atoms with Crippen LogP contribution in [0.3, 0.4) is 0 Å². The Morgan fingerprint density at radius 3 is 2.55 bits per heavy atom. The van der Waals surface area contributed by atoms with Gasteiger partial charge in [0.15, 0.2) is 0 Å². The Morgan fingerprint density at radius 1 is 1.15 bits per heavy atom. The molecule has 3 nitrogen and oxygen atoms in total. The van der Waals surface area contributed by atoms with Crippen molar-refractivity contribution in [2.75, 3.05) is 5.43 Å². The Morgan fingerprint density at radius 2 is 1.90 bits per heavy atom. The van der Waals surface area contributed by atoms with Gasteiger partial charge in [0, 0.05) is 0 Å². The van der Waals surface area contributed by atoms with E-state index in [1.165, 1.54) is 0 Å². The minimum Gasteiger partial charge on any atom is -0.508 e. The molecule has 0 amide bonds. The zero-order valence-corrected chi connectivity index (χ0v) is 11.9. The zero-order valence-electron chi connectivity index (χ0n) is 11.9. The first kappa shape index (κ1) is 14.1. The van der Waals surface area contributed by atoms with Crippen LogP contribution in [0.2, 0.25) is 0 Å². The van der Waals surface area contributed by atoms with Gasteiger partial charge in [0.05, 0.1) is 11.4 Å². The maximum atomic E-state index is 9.52. The first-order valence-corrected chi connectivity index (χ1v) is 6.88.